The van der Waals surface area contributed by atoms with Gasteiger partial charge in [0.05, 0.1) is 16.8 Å². The quantitative estimate of drug-likeness (QED) is 0.104. The van der Waals surface area contributed by atoms with Crippen LogP contribution in [0.25, 0.3) is 17.0 Å². The second kappa shape index (κ2) is 19.6. The lowest BCUT2D eigenvalue weighted by Crippen LogP contribution is -2.30. The van der Waals surface area contributed by atoms with Gasteiger partial charge >= 0.3 is 0 Å². The first-order chi connectivity index (χ1) is 32.5. The van der Waals surface area contributed by atoms with E-state index in [1.807, 2.05) is 24.3 Å². The van der Waals surface area contributed by atoms with Crippen LogP contribution in [-0.2, 0) is 10.8 Å². The van der Waals surface area contributed by atoms with Crippen molar-refractivity contribution in [1.29, 1.82) is 0 Å². The fraction of sp³-hybridized carbons (Fsp3) is 0.419. The molecule has 1 aliphatic heterocycles. The van der Waals surface area contributed by atoms with Crippen LogP contribution in [0.5, 0.6) is 0 Å². The fourth-order valence-electron chi connectivity index (χ4n) is 9.20. The van der Waals surface area contributed by atoms with Crippen molar-refractivity contribution >= 4 is 41.4 Å². The predicted molar refractivity (Wildman–Crippen MR) is 290 cm³/mol. The Bertz CT molecular complexity index is 2830. The Balaban J connectivity index is 1.66. The molecular weight excluding hydrogens is 800 g/mol. The van der Waals surface area contributed by atoms with E-state index in [0.717, 1.165) is 65.0 Å². The Hall–Kier alpha value is -5.22. The van der Waals surface area contributed by atoms with Crippen LogP contribution in [0, 0.1) is 28.1 Å². The topological polar surface area (TPSA) is 19.6 Å². The SMILES string of the molecule is [2H]c1cc([2H])c(/C=C/C2=C(/C=C/N3/C=C/C(=C\C=C)N(c4ccc(C(C)(C)C)cc4[2H])c4c(oc5ccc(C(C)(C)C)cc45)[B]/C=C\3CC(C(=C)C(C)(C)CC)C(C)C)C(C)(C)CCC2(C)C)cc1[2H]. The molecule has 1 aliphatic carbocycles. The highest BCUT2D eigenvalue weighted by Gasteiger charge is 2.38. The van der Waals surface area contributed by atoms with Crippen LogP contribution in [0.3, 0.4) is 0 Å². The van der Waals surface area contributed by atoms with Crippen molar-refractivity contribution in [3.05, 3.63) is 179 Å². The molecule has 6 rings (SSSR count). The summed E-state index contributed by atoms with van der Waals surface area (Å²) in [4.78, 5) is 4.44. The highest BCUT2D eigenvalue weighted by Crippen LogP contribution is 2.50. The lowest BCUT2D eigenvalue weighted by molar-refractivity contribution is 0.273. The van der Waals surface area contributed by atoms with E-state index in [0.29, 0.717) is 23.2 Å². The Kier molecular flexibility index (Phi) is 13.2. The van der Waals surface area contributed by atoms with E-state index in [1.54, 1.807) is 6.07 Å². The average molecular weight is 884 g/mol. The molecule has 1 radical (unpaired) electrons. The van der Waals surface area contributed by atoms with Crippen molar-refractivity contribution in [3.63, 3.8) is 0 Å². The largest absolute Gasteiger partial charge is 0.469 e. The molecule has 66 heavy (non-hydrogen) atoms. The second-order valence-electron chi connectivity index (χ2n) is 22.9. The molecule has 2 heterocycles. The van der Waals surface area contributed by atoms with Crippen molar-refractivity contribution < 1.29 is 9.90 Å². The first kappa shape index (κ1) is 44.6. The van der Waals surface area contributed by atoms with Gasteiger partial charge in [0.15, 0.2) is 0 Å². The lowest BCUT2D eigenvalue weighted by atomic mass is 9.63. The number of fused-ring (bicyclic) bond motifs is 3. The maximum atomic E-state index is 9.66. The van der Waals surface area contributed by atoms with Crippen LogP contribution in [0.2, 0.25) is 0 Å². The molecular formula is C62H80BN2O. The number of hydrogen-bond donors (Lipinski definition) is 0. The minimum atomic E-state index is -0.179. The Morgan fingerprint density at radius 3 is 2.15 bits per heavy atom. The monoisotopic (exact) mass is 884 g/mol. The first-order valence-electron chi connectivity index (χ1n) is 26.2. The molecule has 0 fully saturated rings. The summed E-state index contributed by atoms with van der Waals surface area (Å²) in [5.41, 5.74) is 10.8. The summed E-state index contributed by atoms with van der Waals surface area (Å²) in [5, 5.41) is 0.966. The van der Waals surface area contributed by atoms with Crippen LogP contribution in [0.15, 0.2) is 167 Å². The van der Waals surface area contributed by atoms with Gasteiger partial charge in [-0.1, -0.05) is 195 Å². The summed E-state index contributed by atoms with van der Waals surface area (Å²) >= 11 is 0. The zero-order valence-electron chi connectivity index (χ0n) is 47.1. The van der Waals surface area contributed by atoms with Crippen molar-refractivity contribution in [1.82, 2.24) is 4.90 Å². The van der Waals surface area contributed by atoms with Gasteiger partial charge in [0.2, 0.25) is 7.28 Å². The zero-order chi connectivity index (χ0) is 51.9. The van der Waals surface area contributed by atoms with Crippen LogP contribution < -0.4 is 10.6 Å². The Morgan fingerprint density at radius 1 is 0.864 bits per heavy atom. The summed E-state index contributed by atoms with van der Waals surface area (Å²) in [7, 11) is 2.13. The number of benzene rings is 3. The van der Waals surface area contributed by atoms with Crippen molar-refractivity contribution in [2.45, 2.75) is 140 Å². The summed E-state index contributed by atoms with van der Waals surface area (Å²) in [6, 6.07) is 16.6. The number of rotatable bonds is 12. The summed E-state index contributed by atoms with van der Waals surface area (Å²) in [6.45, 7) is 43.0. The molecule has 0 bridgehead atoms. The summed E-state index contributed by atoms with van der Waals surface area (Å²) < 4.78 is 41.7. The number of hydrogen-bond acceptors (Lipinski definition) is 3. The minimum Gasteiger partial charge on any atom is -0.469 e. The van der Waals surface area contributed by atoms with Crippen LogP contribution in [0.4, 0.5) is 11.4 Å². The van der Waals surface area contributed by atoms with Crippen molar-refractivity contribution in [2.75, 3.05) is 4.90 Å². The van der Waals surface area contributed by atoms with Gasteiger partial charge in [-0.2, -0.15) is 0 Å². The van der Waals surface area contributed by atoms with Crippen LogP contribution >= 0.6 is 0 Å². The number of nitrogens with zero attached hydrogens (tertiary/aromatic N) is 2. The standard InChI is InChI=1S/C62H80BN2O/c1-18-23-48-34-38-64(39-35-54-53(32-26-45-24-21-20-22-25-45)61(14,15)36-37-62(54,16)17)50(41-51(43(3)4)44(5)60(12,13)19-2)42-63-57-56(52-40-47(59(9,10)11)29-33-55(52)66-57)65(48)49-30-27-46(28-31-49)58(6,7)8/h18,20-35,38-40,42-43,51H,1,5,19,36-37,41H2,2-4,6-17H3/b32-26+,38-34+,39-35+,48-23+,50-42-/i20D,21D,25D,30D. The third-order valence-corrected chi connectivity index (χ3v) is 14.4. The molecule has 2 aliphatic rings. The molecule has 0 spiro atoms. The van der Waals surface area contributed by atoms with Gasteiger partial charge in [-0.15, -0.1) is 0 Å². The Labute approximate surface area is 407 Å². The van der Waals surface area contributed by atoms with E-state index in [2.05, 4.69) is 194 Å². The minimum absolute atomic E-state index is 0.0542. The average Bonchev–Trinajstić information content (AvgIpc) is 3.63. The maximum Gasteiger partial charge on any atom is 0.236 e. The number of anilines is 2. The smallest absolute Gasteiger partial charge is 0.236 e. The number of furan rings is 1. The van der Waals surface area contributed by atoms with Crippen LogP contribution in [0.1, 0.15) is 152 Å². The Morgan fingerprint density at radius 2 is 1.53 bits per heavy atom. The van der Waals surface area contributed by atoms with Gasteiger partial charge in [-0.25, -0.2) is 0 Å². The third-order valence-electron chi connectivity index (χ3n) is 14.4. The zero-order valence-corrected chi connectivity index (χ0v) is 43.1. The summed E-state index contributed by atoms with van der Waals surface area (Å²) in [6.07, 6.45) is 20.4. The van der Waals surface area contributed by atoms with Gasteiger partial charge < -0.3 is 14.2 Å². The van der Waals surface area contributed by atoms with Crippen LogP contribution in [-0.4, -0.2) is 12.2 Å². The molecule has 3 aromatic carbocycles. The maximum absolute atomic E-state index is 9.66. The first-order valence-corrected chi connectivity index (χ1v) is 24.2. The molecule has 1 unspecified atom stereocenters. The van der Waals surface area contributed by atoms with Gasteiger partial charge in [0.25, 0.3) is 0 Å². The molecule has 0 N–H and O–H groups in total. The normalized spacial score (nSPS) is 20.4. The van der Waals surface area contributed by atoms with E-state index >= 15 is 0 Å². The molecule has 1 atom stereocenters. The van der Waals surface area contributed by atoms with E-state index < -0.39 is 0 Å². The third kappa shape index (κ3) is 11.1. The predicted octanol–water partition coefficient (Wildman–Crippen LogP) is 17.3. The molecule has 0 saturated carbocycles. The van der Waals surface area contributed by atoms with E-state index in [4.69, 9.17) is 15.1 Å². The molecule has 1 aromatic heterocycles. The van der Waals surface area contributed by atoms with E-state index in [1.165, 1.54) is 28.3 Å². The van der Waals surface area contributed by atoms with E-state index in [9.17, 15) is 1.37 Å². The highest BCUT2D eigenvalue weighted by molar-refractivity contribution is 6.60. The molecule has 4 aromatic rings. The van der Waals surface area contributed by atoms with E-state index in [-0.39, 0.29) is 51.1 Å². The fourth-order valence-corrected chi connectivity index (χ4v) is 9.20. The molecule has 3 nitrogen and oxygen atoms in total. The molecule has 4 heteroatoms. The van der Waals surface area contributed by atoms with Gasteiger partial charge in [0.1, 0.15) is 5.58 Å². The molecule has 347 valence electrons. The molecule has 0 amide bonds. The number of allylic oxidation sites excluding steroid dienone is 9. The highest BCUT2D eigenvalue weighted by atomic mass is 16.3. The molecule has 0 saturated heterocycles. The van der Waals surface area contributed by atoms with Gasteiger partial charge in [-0.05, 0) is 135 Å². The van der Waals surface area contributed by atoms with Gasteiger partial charge in [0, 0.05) is 34.9 Å². The van der Waals surface area contributed by atoms with Crippen molar-refractivity contribution in [2.24, 2.45) is 28.1 Å². The lowest BCUT2D eigenvalue weighted by Gasteiger charge is -2.42. The van der Waals surface area contributed by atoms with Gasteiger partial charge in [-0.3, -0.25) is 0 Å². The van der Waals surface area contributed by atoms with Crippen molar-refractivity contribution in [3.8, 4) is 0 Å². The second-order valence-corrected chi connectivity index (χ2v) is 22.9. The summed E-state index contributed by atoms with van der Waals surface area (Å²) in [5.74, 6) is 2.70.